The maximum atomic E-state index is 12.8. The van der Waals surface area contributed by atoms with Crippen molar-refractivity contribution in [2.24, 2.45) is 0 Å². The first-order valence-corrected chi connectivity index (χ1v) is 4.46. The molecule has 1 aromatic carbocycles. The van der Waals surface area contributed by atoms with E-state index in [0.717, 1.165) is 0 Å². The molecule has 0 aromatic heterocycles. The van der Waals surface area contributed by atoms with E-state index in [1.54, 1.807) is 0 Å². The van der Waals surface area contributed by atoms with E-state index < -0.39 is 29.5 Å². The molecule has 1 atom stereocenters. The number of ether oxygens (including phenoxy) is 1. The lowest BCUT2D eigenvalue weighted by atomic mass is 10.1. The molecular formula is C10H9F3O3. The lowest BCUT2D eigenvalue weighted by Gasteiger charge is -2.13. The van der Waals surface area contributed by atoms with Gasteiger partial charge in [0.1, 0.15) is 0 Å². The molecule has 0 aliphatic heterocycles. The van der Waals surface area contributed by atoms with Crippen molar-refractivity contribution in [1.82, 2.24) is 0 Å². The van der Waals surface area contributed by atoms with Gasteiger partial charge < -0.3 is 9.84 Å². The normalized spacial score (nSPS) is 12.5. The third kappa shape index (κ3) is 2.52. The topological polar surface area (TPSA) is 46.5 Å². The molecule has 1 unspecified atom stereocenters. The second kappa shape index (κ2) is 4.98. The number of hydrogen-bond acceptors (Lipinski definition) is 2. The van der Waals surface area contributed by atoms with Crippen molar-refractivity contribution >= 4 is 5.97 Å². The smallest absolute Gasteiger partial charge is 0.337 e. The number of halogens is 3. The standard InChI is InChI=1S/C10H9F3O3/c1-2-16-9(10(14)15)5-3-6(11)8(13)7(12)4-5/h3-4,9H,2H2,1H3,(H,14,15). The molecule has 6 heteroatoms. The van der Waals surface area contributed by atoms with E-state index in [1.165, 1.54) is 6.92 Å². The summed E-state index contributed by atoms with van der Waals surface area (Å²) in [5, 5.41) is 8.75. The molecule has 0 saturated heterocycles. The number of rotatable bonds is 4. The number of benzene rings is 1. The lowest BCUT2D eigenvalue weighted by molar-refractivity contribution is -0.150. The number of carboxylic acids is 1. The van der Waals surface area contributed by atoms with Crippen molar-refractivity contribution in [3.8, 4) is 0 Å². The average Bonchev–Trinajstić information content (AvgIpc) is 2.21. The molecule has 0 heterocycles. The maximum absolute atomic E-state index is 12.8. The van der Waals surface area contributed by atoms with Crippen LogP contribution in [0.3, 0.4) is 0 Å². The second-order valence-corrected chi connectivity index (χ2v) is 2.97. The Kier molecular flexibility index (Phi) is 3.89. The Balaban J connectivity index is 3.15. The highest BCUT2D eigenvalue weighted by Gasteiger charge is 2.23. The van der Waals surface area contributed by atoms with Crippen LogP contribution in [0.25, 0.3) is 0 Å². The number of hydrogen-bond donors (Lipinski definition) is 1. The van der Waals surface area contributed by atoms with Crippen LogP contribution in [0.5, 0.6) is 0 Å². The summed E-state index contributed by atoms with van der Waals surface area (Å²) in [6, 6.07) is 1.21. The first-order valence-electron chi connectivity index (χ1n) is 4.46. The van der Waals surface area contributed by atoms with Gasteiger partial charge in [0.25, 0.3) is 0 Å². The Morgan fingerprint density at radius 1 is 1.38 bits per heavy atom. The second-order valence-electron chi connectivity index (χ2n) is 2.97. The van der Waals surface area contributed by atoms with Crippen LogP contribution in [0.1, 0.15) is 18.6 Å². The van der Waals surface area contributed by atoms with E-state index in [2.05, 4.69) is 0 Å². The van der Waals surface area contributed by atoms with E-state index in [-0.39, 0.29) is 12.2 Å². The molecule has 0 aliphatic rings. The SMILES string of the molecule is CCOC(C(=O)O)c1cc(F)c(F)c(F)c1. The van der Waals surface area contributed by atoms with E-state index in [0.29, 0.717) is 12.1 Å². The largest absolute Gasteiger partial charge is 0.479 e. The van der Waals surface area contributed by atoms with Gasteiger partial charge in [-0.1, -0.05) is 0 Å². The number of carboxylic acid groups (broad SMARTS) is 1. The molecule has 1 N–H and O–H groups in total. The van der Waals surface area contributed by atoms with Crippen LogP contribution in [-0.2, 0) is 9.53 Å². The van der Waals surface area contributed by atoms with E-state index >= 15 is 0 Å². The van der Waals surface area contributed by atoms with Crippen LogP contribution < -0.4 is 0 Å². The summed E-state index contributed by atoms with van der Waals surface area (Å²) < 4.78 is 43.1. The fourth-order valence-corrected chi connectivity index (χ4v) is 1.20. The monoisotopic (exact) mass is 234 g/mol. The predicted molar refractivity (Wildman–Crippen MR) is 48.3 cm³/mol. The minimum absolute atomic E-state index is 0.0532. The van der Waals surface area contributed by atoms with Gasteiger partial charge in [0, 0.05) is 6.61 Å². The molecule has 16 heavy (non-hydrogen) atoms. The summed E-state index contributed by atoms with van der Waals surface area (Å²) in [7, 11) is 0. The van der Waals surface area contributed by atoms with E-state index in [9.17, 15) is 18.0 Å². The highest BCUT2D eigenvalue weighted by Crippen LogP contribution is 2.22. The number of aliphatic carboxylic acids is 1. The van der Waals surface area contributed by atoms with Gasteiger partial charge in [-0.2, -0.15) is 0 Å². The van der Waals surface area contributed by atoms with Crippen LogP contribution in [-0.4, -0.2) is 17.7 Å². The Labute approximate surface area is 89.5 Å². The van der Waals surface area contributed by atoms with Crippen molar-refractivity contribution in [3.63, 3.8) is 0 Å². The van der Waals surface area contributed by atoms with Gasteiger partial charge in [0.05, 0.1) is 0 Å². The summed E-state index contributed by atoms with van der Waals surface area (Å²) >= 11 is 0. The van der Waals surface area contributed by atoms with Crippen molar-refractivity contribution in [1.29, 1.82) is 0 Å². The third-order valence-electron chi connectivity index (χ3n) is 1.87. The van der Waals surface area contributed by atoms with Gasteiger partial charge in [-0.25, -0.2) is 18.0 Å². The van der Waals surface area contributed by atoms with Gasteiger partial charge in [-0.15, -0.1) is 0 Å². The Bertz CT molecular complexity index is 383. The van der Waals surface area contributed by atoms with Gasteiger partial charge in [0.2, 0.25) is 0 Å². The molecule has 0 amide bonds. The van der Waals surface area contributed by atoms with Crippen molar-refractivity contribution < 1.29 is 27.8 Å². The van der Waals surface area contributed by atoms with Crippen molar-refractivity contribution in [2.75, 3.05) is 6.61 Å². The zero-order valence-electron chi connectivity index (χ0n) is 8.34. The summed E-state index contributed by atoms with van der Waals surface area (Å²) in [6.45, 7) is 1.59. The molecule has 88 valence electrons. The Hall–Kier alpha value is -1.56. The maximum Gasteiger partial charge on any atom is 0.337 e. The van der Waals surface area contributed by atoms with E-state index in [4.69, 9.17) is 9.84 Å². The van der Waals surface area contributed by atoms with Crippen molar-refractivity contribution in [3.05, 3.63) is 35.1 Å². The molecular weight excluding hydrogens is 225 g/mol. The molecule has 0 fully saturated rings. The zero-order chi connectivity index (χ0) is 12.3. The molecule has 3 nitrogen and oxygen atoms in total. The van der Waals surface area contributed by atoms with Crippen LogP contribution in [0.15, 0.2) is 12.1 Å². The van der Waals surface area contributed by atoms with Gasteiger partial charge in [0.15, 0.2) is 23.6 Å². The van der Waals surface area contributed by atoms with Crippen molar-refractivity contribution in [2.45, 2.75) is 13.0 Å². The fourth-order valence-electron chi connectivity index (χ4n) is 1.20. The summed E-state index contributed by atoms with van der Waals surface area (Å²) in [5.41, 5.74) is -0.272. The molecule has 1 rings (SSSR count). The molecule has 1 aromatic rings. The first-order chi connectivity index (χ1) is 7.47. The quantitative estimate of drug-likeness (QED) is 0.813. The molecule has 0 spiro atoms. The highest BCUT2D eigenvalue weighted by molar-refractivity contribution is 5.74. The van der Waals surface area contributed by atoms with Gasteiger partial charge in [-0.05, 0) is 24.6 Å². The Morgan fingerprint density at radius 3 is 2.25 bits per heavy atom. The average molecular weight is 234 g/mol. The van der Waals surface area contributed by atoms with Crippen LogP contribution >= 0.6 is 0 Å². The van der Waals surface area contributed by atoms with Crippen LogP contribution in [0.2, 0.25) is 0 Å². The Morgan fingerprint density at radius 2 is 1.88 bits per heavy atom. The summed E-state index contributed by atoms with van der Waals surface area (Å²) in [5.74, 6) is -5.92. The molecule has 0 radical (unpaired) electrons. The van der Waals surface area contributed by atoms with Gasteiger partial charge in [-0.3, -0.25) is 0 Å². The third-order valence-corrected chi connectivity index (χ3v) is 1.87. The zero-order valence-corrected chi connectivity index (χ0v) is 8.34. The predicted octanol–water partition coefficient (Wildman–Crippen LogP) is 2.27. The minimum Gasteiger partial charge on any atom is -0.479 e. The van der Waals surface area contributed by atoms with Crippen LogP contribution in [0.4, 0.5) is 13.2 Å². The summed E-state index contributed by atoms with van der Waals surface area (Å²) in [4.78, 5) is 10.7. The van der Waals surface area contributed by atoms with Gasteiger partial charge >= 0.3 is 5.97 Å². The molecule has 0 aliphatic carbocycles. The highest BCUT2D eigenvalue weighted by atomic mass is 19.2. The first kappa shape index (κ1) is 12.5. The molecule has 0 bridgehead atoms. The minimum atomic E-state index is -1.63. The lowest BCUT2D eigenvalue weighted by Crippen LogP contribution is -2.16. The fraction of sp³-hybridized carbons (Fsp3) is 0.300. The van der Waals surface area contributed by atoms with E-state index in [1.807, 2.05) is 0 Å². The molecule has 0 saturated carbocycles. The summed E-state index contributed by atoms with van der Waals surface area (Å²) in [6.07, 6.45) is -1.50. The number of carbonyl (C=O) groups is 1. The van der Waals surface area contributed by atoms with Crippen LogP contribution in [0, 0.1) is 17.5 Å².